The molecule has 148 valence electrons. The summed E-state index contributed by atoms with van der Waals surface area (Å²) >= 11 is 0. The monoisotopic (exact) mass is 383 g/mol. The molecule has 1 fully saturated rings. The van der Waals surface area contributed by atoms with E-state index >= 15 is 0 Å². The largest absolute Gasteiger partial charge is 0.496 e. The van der Waals surface area contributed by atoms with Crippen molar-refractivity contribution in [3.05, 3.63) is 53.2 Å². The number of rotatable bonds is 4. The van der Waals surface area contributed by atoms with E-state index < -0.39 is 0 Å². The van der Waals surface area contributed by atoms with E-state index in [0.717, 1.165) is 42.5 Å². The summed E-state index contributed by atoms with van der Waals surface area (Å²) in [4.78, 5) is 11.7. The third-order valence-electron chi connectivity index (χ3n) is 5.27. The van der Waals surface area contributed by atoms with Gasteiger partial charge < -0.3 is 20.3 Å². The Morgan fingerprint density at radius 1 is 1.29 bits per heavy atom. The first-order valence-corrected chi connectivity index (χ1v) is 9.67. The van der Waals surface area contributed by atoms with Crippen LogP contribution in [0.5, 0.6) is 5.75 Å². The van der Waals surface area contributed by atoms with Crippen molar-refractivity contribution >= 4 is 11.5 Å². The van der Waals surface area contributed by atoms with Crippen LogP contribution in [-0.2, 0) is 0 Å². The quantitative estimate of drug-likeness (QED) is 0.847. The minimum atomic E-state index is -0.276. The molecule has 2 atom stereocenters. The van der Waals surface area contributed by atoms with Crippen molar-refractivity contribution in [3.8, 4) is 5.75 Å². The summed E-state index contributed by atoms with van der Waals surface area (Å²) in [6.07, 6.45) is 2.51. The maximum absolute atomic E-state index is 14.4. The number of halogens is 1. The molecule has 28 heavy (non-hydrogen) atoms. The minimum Gasteiger partial charge on any atom is -0.496 e. The van der Waals surface area contributed by atoms with E-state index in [2.05, 4.69) is 27.4 Å². The molecule has 1 saturated heterocycles. The SMILES string of the molecule is COc1cccc(F)c1C1=CNC(c2cc(C)nc(N3CCN[C@@H](C)C3)n2)C1. The number of methoxy groups -OCH3 is 1. The number of piperazine rings is 1. The molecule has 4 rings (SSSR count). The van der Waals surface area contributed by atoms with Crippen molar-refractivity contribution in [1.29, 1.82) is 0 Å². The van der Waals surface area contributed by atoms with Gasteiger partial charge in [0.1, 0.15) is 11.6 Å². The zero-order chi connectivity index (χ0) is 19.7. The number of anilines is 1. The van der Waals surface area contributed by atoms with Crippen LogP contribution in [-0.4, -0.2) is 42.8 Å². The van der Waals surface area contributed by atoms with Crippen LogP contribution >= 0.6 is 0 Å². The molecule has 0 spiro atoms. The third kappa shape index (κ3) is 3.67. The fourth-order valence-electron chi connectivity index (χ4n) is 3.90. The number of nitrogens with zero attached hydrogens (tertiary/aromatic N) is 3. The molecule has 0 bridgehead atoms. The van der Waals surface area contributed by atoms with Crippen LogP contribution in [0.4, 0.5) is 10.3 Å². The van der Waals surface area contributed by atoms with Crippen LogP contribution in [0, 0.1) is 12.7 Å². The summed E-state index contributed by atoms with van der Waals surface area (Å²) < 4.78 is 19.8. The first kappa shape index (κ1) is 18.7. The molecule has 2 N–H and O–H groups in total. The third-order valence-corrected chi connectivity index (χ3v) is 5.27. The molecule has 0 amide bonds. The summed E-state index contributed by atoms with van der Waals surface area (Å²) in [6.45, 7) is 6.86. The number of hydrogen-bond donors (Lipinski definition) is 2. The zero-order valence-electron chi connectivity index (χ0n) is 16.5. The normalized spacial score (nSPS) is 22.0. The summed E-state index contributed by atoms with van der Waals surface area (Å²) in [7, 11) is 1.56. The zero-order valence-corrected chi connectivity index (χ0v) is 16.5. The van der Waals surface area contributed by atoms with Crippen molar-refractivity contribution < 1.29 is 9.13 Å². The van der Waals surface area contributed by atoms with Crippen molar-refractivity contribution in [2.24, 2.45) is 0 Å². The average molecular weight is 383 g/mol. The Labute approximate surface area is 164 Å². The van der Waals surface area contributed by atoms with Gasteiger partial charge in [0.05, 0.1) is 24.4 Å². The molecule has 0 radical (unpaired) electrons. The first-order chi connectivity index (χ1) is 13.5. The van der Waals surface area contributed by atoms with E-state index in [1.807, 2.05) is 19.2 Å². The highest BCUT2D eigenvalue weighted by Crippen LogP contribution is 2.37. The highest BCUT2D eigenvalue weighted by molar-refractivity contribution is 5.73. The molecule has 1 aromatic carbocycles. The number of aromatic nitrogens is 2. The molecule has 1 unspecified atom stereocenters. The number of benzene rings is 1. The smallest absolute Gasteiger partial charge is 0.225 e. The maximum Gasteiger partial charge on any atom is 0.225 e. The van der Waals surface area contributed by atoms with Crippen LogP contribution in [0.25, 0.3) is 5.57 Å². The van der Waals surface area contributed by atoms with Crippen LogP contribution in [0.3, 0.4) is 0 Å². The van der Waals surface area contributed by atoms with Gasteiger partial charge in [0.2, 0.25) is 5.95 Å². The second kappa shape index (κ2) is 7.75. The highest BCUT2D eigenvalue weighted by Gasteiger charge is 2.26. The second-order valence-electron chi connectivity index (χ2n) is 7.45. The summed E-state index contributed by atoms with van der Waals surface area (Å²) in [5.41, 5.74) is 3.26. The lowest BCUT2D eigenvalue weighted by Gasteiger charge is -2.32. The maximum atomic E-state index is 14.4. The van der Waals surface area contributed by atoms with E-state index in [4.69, 9.17) is 9.72 Å². The Morgan fingerprint density at radius 2 is 2.14 bits per heavy atom. The van der Waals surface area contributed by atoms with Gasteiger partial charge in [0, 0.05) is 44.0 Å². The minimum absolute atomic E-state index is 0.0138. The van der Waals surface area contributed by atoms with Gasteiger partial charge in [0.15, 0.2) is 0 Å². The molecular formula is C21H26FN5O. The fraction of sp³-hybridized carbons (Fsp3) is 0.429. The molecule has 2 aliphatic rings. The predicted octanol–water partition coefficient (Wildman–Crippen LogP) is 2.81. The van der Waals surface area contributed by atoms with Gasteiger partial charge in [-0.05, 0) is 37.6 Å². The van der Waals surface area contributed by atoms with Crippen molar-refractivity contribution in [2.75, 3.05) is 31.6 Å². The fourth-order valence-corrected chi connectivity index (χ4v) is 3.90. The second-order valence-corrected chi connectivity index (χ2v) is 7.45. The average Bonchev–Trinajstić information content (AvgIpc) is 3.17. The molecule has 3 heterocycles. The predicted molar refractivity (Wildman–Crippen MR) is 108 cm³/mol. The van der Waals surface area contributed by atoms with E-state index in [1.165, 1.54) is 6.07 Å². The topological polar surface area (TPSA) is 62.3 Å². The Morgan fingerprint density at radius 3 is 2.93 bits per heavy atom. The van der Waals surface area contributed by atoms with Crippen molar-refractivity contribution in [3.63, 3.8) is 0 Å². The standard InChI is InChI=1S/C21H26FN5O/c1-13-9-18(26-21(25-13)27-8-7-23-14(2)12-27)17-10-15(11-24-17)20-16(22)5-4-6-19(20)28-3/h4-6,9,11,14,17,23-24H,7-8,10,12H2,1-3H3/t14-,17?/m0/s1. The Kier molecular flexibility index (Phi) is 5.17. The Hall–Kier alpha value is -2.67. The summed E-state index contributed by atoms with van der Waals surface area (Å²) in [6, 6.07) is 7.30. The van der Waals surface area contributed by atoms with Crippen molar-refractivity contribution in [2.45, 2.75) is 32.4 Å². The number of aryl methyl sites for hydroxylation is 1. The van der Waals surface area contributed by atoms with Gasteiger partial charge in [-0.1, -0.05) is 6.07 Å². The van der Waals surface area contributed by atoms with Gasteiger partial charge >= 0.3 is 0 Å². The molecule has 7 heteroatoms. The summed E-state index contributed by atoms with van der Waals surface area (Å²) in [5.74, 6) is 1.03. The lowest BCUT2D eigenvalue weighted by atomic mass is 9.99. The van der Waals surface area contributed by atoms with Gasteiger partial charge in [0.25, 0.3) is 0 Å². The lowest BCUT2D eigenvalue weighted by Crippen LogP contribution is -2.50. The van der Waals surface area contributed by atoms with Crippen molar-refractivity contribution in [1.82, 2.24) is 20.6 Å². The highest BCUT2D eigenvalue weighted by atomic mass is 19.1. The van der Waals surface area contributed by atoms with E-state index in [1.54, 1.807) is 19.2 Å². The molecule has 2 aliphatic heterocycles. The van der Waals surface area contributed by atoms with Crippen LogP contribution in [0.15, 0.2) is 30.5 Å². The number of ether oxygens (including phenoxy) is 1. The van der Waals surface area contributed by atoms with Crippen LogP contribution in [0.2, 0.25) is 0 Å². The molecule has 0 saturated carbocycles. The molecule has 6 nitrogen and oxygen atoms in total. The first-order valence-electron chi connectivity index (χ1n) is 9.67. The van der Waals surface area contributed by atoms with Gasteiger partial charge in [-0.3, -0.25) is 0 Å². The van der Waals surface area contributed by atoms with E-state index in [9.17, 15) is 4.39 Å². The van der Waals surface area contributed by atoms with Gasteiger partial charge in [-0.2, -0.15) is 0 Å². The van der Waals surface area contributed by atoms with Gasteiger partial charge in [-0.15, -0.1) is 0 Å². The number of hydrogen-bond acceptors (Lipinski definition) is 6. The lowest BCUT2D eigenvalue weighted by molar-refractivity contribution is 0.409. The Balaban J connectivity index is 1.57. The number of nitrogens with one attached hydrogen (secondary N) is 2. The van der Waals surface area contributed by atoms with E-state index in [-0.39, 0.29) is 11.9 Å². The van der Waals surface area contributed by atoms with Gasteiger partial charge in [-0.25, -0.2) is 14.4 Å². The molecule has 0 aliphatic carbocycles. The molecule has 1 aromatic heterocycles. The van der Waals surface area contributed by atoms with Crippen LogP contribution in [0.1, 0.15) is 36.3 Å². The van der Waals surface area contributed by atoms with Crippen LogP contribution < -0.4 is 20.3 Å². The molecule has 2 aromatic rings. The Bertz CT molecular complexity index is 900. The summed E-state index contributed by atoms with van der Waals surface area (Å²) in [5, 5.41) is 6.80. The van der Waals surface area contributed by atoms with E-state index in [0.29, 0.717) is 23.8 Å². The molecular weight excluding hydrogens is 357 g/mol.